The highest BCUT2D eigenvalue weighted by Gasteiger charge is 2.21. The number of amides is 2. The molecule has 0 radical (unpaired) electrons. The number of hydrogen-bond acceptors (Lipinski definition) is 3. The summed E-state index contributed by atoms with van der Waals surface area (Å²) < 4.78 is 0. The fraction of sp³-hybridized carbons (Fsp3) is 0.440. The summed E-state index contributed by atoms with van der Waals surface area (Å²) >= 11 is 0. The molecule has 1 aliphatic rings. The van der Waals surface area contributed by atoms with E-state index in [0.717, 1.165) is 32.5 Å². The molecule has 2 amide bonds. The van der Waals surface area contributed by atoms with Crippen molar-refractivity contribution in [2.24, 2.45) is 0 Å². The van der Waals surface area contributed by atoms with Gasteiger partial charge in [-0.3, -0.25) is 14.5 Å². The van der Waals surface area contributed by atoms with E-state index in [-0.39, 0.29) is 29.8 Å². The zero-order valence-corrected chi connectivity index (χ0v) is 18.3. The standard InChI is InChI=1S/C25H33N3O2/c1-25(2,3)21-11-9-20(10-12-21)24(30)26-17-23(29)27-22-13-15-28(16-14-22)18-19-7-5-4-6-8-19/h4-12,22H,13-18H2,1-3H3,(H,26,30)(H,27,29). The Bertz CT molecular complexity index is 833. The minimum atomic E-state index is -0.219. The molecule has 2 aromatic carbocycles. The lowest BCUT2D eigenvalue weighted by Gasteiger charge is -2.32. The van der Waals surface area contributed by atoms with Gasteiger partial charge in [0, 0.05) is 31.2 Å². The van der Waals surface area contributed by atoms with Crippen LogP contribution in [0.1, 0.15) is 55.1 Å². The molecule has 0 bridgehead atoms. The second kappa shape index (κ2) is 9.90. The number of nitrogens with zero attached hydrogens (tertiary/aromatic N) is 1. The van der Waals surface area contributed by atoms with Gasteiger partial charge < -0.3 is 10.6 Å². The fourth-order valence-corrected chi connectivity index (χ4v) is 3.74. The summed E-state index contributed by atoms with van der Waals surface area (Å²) in [6.45, 7) is 9.30. The first-order valence-electron chi connectivity index (χ1n) is 10.8. The van der Waals surface area contributed by atoms with Gasteiger partial charge in [-0.25, -0.2) is 0 Å². The molecule has 1 heterocycles. The number of nitrogens with one attached hydrogen (secondary N) is 2. The number of benzene rings is 2. The van der Waals surface area contributed by atoms with Crippen LogP contribution in [0, 0.1) is 0 Å². The van der Waals surface area contributed by atoms with Gasteiger partial charge in [-0.2, -0.15) is 0 Å². The van der Waals surface area contributed by atoms with E-state index >= 15 is 0 Å². The molecule has 5 heteroatoms. The predicted molar refractivity (Wildman–Crippen MR) is 120 cm³/mol. The van der Waals surface area contributed by atoms with Crippen molar-refractivity contribution in [3.05, 3.63) is 71.3 Å². The summed E-state index contributed by atoms with van der Waals surface area (Å²) in [6.07, 6.45) is 1.86. The van der Waals surface area contributed by atoms with E-state index in [2.05, 4.69) is 60.6 Å². The number of carbonyl (C=O) groups excluding carboxylic acids is 2. The minimum Gasteiger partial charge on any atom is -0.352 e. The van der Waals surface area contributed by atoms with Crippen LogP contribution in [0.15, 0.2) is 54.6 Å². The van der Waals surface area contributed by atoms with Crippen molar-refractivity contribution in [3.63, 3.8) is 0 Å². The molecule has 5 nitrogen and oxygen atoms in total. The molecule has 2 N–H and O–H groups in total. The fourth-order valence-electron chi connectivity index (χ4n) is 3.74. The molecule has 0 atom stereocenters. The van der Waals surface area contributed by atoms with E-state index in [4.69, 9.17) is 0 Å². The number of rotatable bonds is 6. The molecule has 2 aromatic rings. The third kappa shape index (κ3) is 6.42. The van der Waals surface area contributed by atoms with Crippen molar-refractivity contribution >= 4 is 11.8 Å². The average molecular weight is 408 g/mol. The quantitative estimate of drug-likeness (QED) is 0.771. The van der Waals surface area contributed by atoms with Gasteiger partial charge in [0.2, 0.25) is 5.91 Å². The molecule has 160 valence electrons. The van der Waals surface area contributed by atoms with Crippen LogP contribution in [0.25, 0.3) is 0 Å². The van der Waals surface area contributed by atoms with Crippen LogP contribution in [0.4, 0.5) is 0 Å². The van der Waals surface area contributed by atoms with E-state index in [9.17, 15) is 9.59 Å². The maximum absolute atomic E-state index is 12.3. The maximum Gasteiger partial charge on any atom is 0.251 e. The maximum atomic E-state index is 12.3. The van der Waals surface area contributed by atoms with E-state index in [1.165, 1.54) is 11.1 Å². The van der Waals surface area contributed by atoms with Crippen molar-refractivity contribution in [1.29, 1.82) is 0 Å². The Morgan fingerprint density at radius 1 is 0.967 bits per heavy atom. The topological polar surface area (TPSA) is 61.4 Å². The first-order chi connectivity index (χ1) is 14.3. The summed E-state index contributed by atoms with van der Waals surface area (Å²) in [6, 6.07) is 18.2. The van der Waals surface area contributed by atoms with Gasteiger partial charge in [-0.15, -0.1) is 0 Å². The van der Waals surface area contributed by atoms with Gasteiger partial charge in [0.1, 0.15) is 0 Å². The summed E-state index contributed by atoms with van der Waals surface area (Å²) in [5.74, 6) is -0.348. The van der Waals surface area contributed by atoms with Crippen molar-refractivity contribution in [3.8, 4) is 0 Å². The highest BCUT2D eigenvalue weighted by molar-refractivity contribution is 5.96. The first-order valence-corrected chi connectivity index (χ1v) is 10.8. The van der Waals surface area contributed by atoms with Crippen LogP contribution in [0.3, 0.4) is 0 Å². The van der Waals surface area contributed by atoms with Crippen molar-refractivity contribution in [2.75, 3.05) is 19.6 Å². The summed E-state index contributed by atoms with van der Waals surface area (Å²) in [5, 5.41) is 5.79. The number of likely N-dealkylation sites (tertiary alicyclic amines) is 1. The molecule has 1 fully saturated rings. The lowest BCUT2D eigenvalue weighted by Crippen LogP contribution is -2.47. The molecule has 0 unspecified atom stereocenters. The number of piperidine rings is 1. The van der Waals surface area contributed by atoms with E-state index in [1.807, 2.05) is 30.3 Å². The molecule has 1 aliphatic heterocycles. The molecule has 0 aliphatic carbocycles. The van der Waals surface area contributed by atoms with Crippen LogP contribution >= 0.6 is 0 Å². The molecule has 0 aromatic heterocycles. The highest BCUT2D eigenvalue weighted by Crippen LogP contribution is 2.22. The predicted octanol–water partition coefficient (Wildman–Crippen LogP) is 3.49. The van der Waals surface area contributed by atoms with Gasteiger partial charge in [0.25, 0.3) is 5.91 Å². The van der Waals surface area contributed by atoms with E-state index in [1.54, 1.807) is 0 Å². The highest BCUT2D eigenvalue weighted by atomic mass is 16.2. The number of hydrogen-bond donors (Lipinski definition) is 2. The van der Waals surface area contributed by atoms with Crippen molar-refractivity contribution in [2.45, 2.75) is 51.6 Å². The minimum absolute atomic E-state index is 0.00405. The molecule has 3 rings (SSSR count). The summed E-state index contributed by atoms with van der Waals surface area (Å²) in [5.41, 5.74) is 3.12. The molecule has 0 spiro atoms. The molecule has 0 saturated carbocycles. The zero-order valence-electron chi connectivity index (χ0n) is 18.3. The van der Waals surface area contributed by atoms with Gasteiger partial charge >= 0.3 is 0 Å². The lowest BCUT2D eigenvalue weighted by molar-refractivity contribution is -0.121. The largest absolute Gasteiger partial charge is 0.352 e. The van der Waals surface area contributed by atoms with Gasteiger partial charge in [0.15, 0.2) is 0 Å². The van der Waals surface area contributed by atoms with Crippen LogP contribution in [-0.4, -0.2) is 42.4 Å². The third-order valence-electron chi connectivity index (χ3n) is 5.62. The van der Waals surface area contributed by atoms with Crippen LogP contribution in [0.5, 0.6) is 0 Å². The number of carbonyl (C=O) groups is 2. The molecular weight excluding hydrogens is 374 g/mol. The van der Waals surface area contributed by atoms with Gasteiger partial charge in [-0.05, 0) is 41.5 Å². The smallest absolute Gasteiger partial charge is 0.251 e. The second-order valence-corrected chi connectivity index (χ2v) is 9.11. The van der Waals surface area contributed by atoms with Crippen LogP contribution < -0.4 is 10.6 Å². The van der Waals surface area contributed by atoms with Crippen molar-refractivity contribution in [1.82, 2.24) is 15.5 Å². The summed E-state index contributed by atoms with van der Waals surface area (Å²) in [4.78, 5) is 27.0. The lowest BCUT2D eigenvalue weighted by atomic mass is 9.87. The normalized spacial score (nSPS) is 15.6. The monoisotopic (exact) mass is 407 g/mol. The second-order valence-electron chi connectivity index (χ2n) is 9.11. The SMILES string of the molecule is CC(C)(C)c1ccc(C(=O)NCC(=O)NC2CCN(Cc3ccccc3)CC2)cc1. The Balaban J connectivity index is 1.38. The Labute approximate surface area is 179 Å². The van der Waals surface area contributed by atoms with Crippen molar-refractivity contribution < 1.29 is 9.59 Å². The third-order valence-corrected chi connectivity index (χ3v) is 5.62. The zero-order chi connectivity index (χ0) is 21.6. The summed E-state index contributed by atoms with van der Waals surface area (Å²) in [7, 11) is 0. The molecule has 1 saturated heterocycles. The van der Waals surface area contributed by atoms with E-state index < -0.39 is 0 Å². The molecule has 30 heavy (non-hydrogen) atoms. The Hall–Kier alpha value is -2.66. The van der Waals surface area contributed by atoms with Crippen LogP contribution in [0.2, 0.25) is 0 Å². The molecular formula is C25H33N3O2. The average Bonchev–Trinajstić information content (AvgIpc) is 2.74. The Morgan fingerprint density at radius 2 is 1.60 bits per heavy atom. The van der Waals surface area contributed by atoms with E-state index in [0.29, 0.717) is 5.56 Å². The Morgan fingerprint density at radius 3 is 2.20 bits per heavy atom. The van der Waals surface area contributed by atoms with Gasteiger partial charge in [0.05, 0.1) is 6.54 Å². The van der Waals surface area contributed by atoms with Gasteiger partial charge in [-0.1, -0.05) is 63.2 Å². The Kier molecular flexibility index (Phi) is 7.27. The first kappa shape index (κ1) is 22.0. The van der Waals surface area contributed by atoms with Crippen LogP contribution in [-0.2, 0) is 16.8 Å².